The molecule has 1 aromatic heterocycles. The average molecular weight is 775 g/mol. The lowest BCUT2D eigenvalue weighted by Crippen LogP contribution is -2.68. The van der Waals surface area contributed by atoms with E-state index >= 15 is 0 Å². The number of hydrogen-bond donors (Lipinski definition) is 0. The Morgan fingerprint density at radius 3 is 2.12 bits per heavy atom. The summed E-state index contributed by atoms with van der Waals surface area (Å²) in [5.41, 5.74) is -0.708. The maximum atomic E-state index is 14.1. The number of rotatable bonds is 10. The van der Waals surface area contributed by atoms with Gasteiger partial charge in [-0.1, -0.05) is 51.1 Å². The van der Waals surface area contributed by atoms with Crippen LogP contribution < -0.4 is 0 Å². The minimum absolute atomic E-state index is 0.0753. The molecule has 0 radical (unpaired) electrons. The highest BCUT2D eigenvalue weighted by molar-refractivity contribution is 5.89. The van der Waals surface area contributed by atoms with Crippen LogP contribution >= 0.6 is 0 Å². The van der Waals surface area contributed by atoms with Crippen LogP contribution in [0.2, 0.25) is 0 Å². The first-order chi connectivity index (χ1) is 26.4. The van der Waals surface area contributed by atoms with Crippen LogP contribution in [-0.4, -0.2) is 96.6 Å². The fraction of sp³-hybridized carbons (Fsp3) is 0.581. The van der Waals surface area contributed by atoms with E-state index in [9.17, 15) is 24.0 Å². The first kappa shape index (κ1) is 41.0. The van der Waals surface area contributed by atoms with Crippen LogP contribution in [-0.2, 0) is 47.6 Å². The van der Waals surface area contributed by atoms with Crippen molar-refractivity contribution in [2.45, 2.75) is 116 Å². The van der Waals surface area contributed by atoms with Crippen LogP contribution in [0.5, 0.6) is 0 Å². The van der Waals surface area contributed by atoms with E-state index in [-0.39, 0.29) is 31.1 Å². The van der Waals surface area contributed by atoms with Crippen molar-refractivity contribution < 1.29 is 52.4 Å². The molecule has 1 saturated heterocycles. The topological polar surface area (TPSA) is 160 Å². The van der Waals surface area contributed by atoms with Crippen molar-refractivity contribution in [1.82, 2.24) is 9.88 Å². The molecule has 3 aliphatic carbocycles. The van der Waals surface area contributed by atoms with Crippen molar-refractivity contribution in [3.05, 3.63) is 77.1 Å². The lowest BCUT2D eigenvalue weighted by molar-refractivity contribution is -0.223. The number of hydrogen-bond acceptors (Lipinski definition) is 13. The molecular formula is C43H54N2O11. The van der Waals surface area contributed by atoms with Crippen LogP contribution in [0.1, 0.15) is 96.1 Å². The van der Waals surface area contributed by atoms with E-state index in [1.165, 1.54) is 27.0 Å². The fourth-order valence-electron chi connectivity index (χ4n) is 10.1. The third-order valence-electron chi connectivity index (χ3n) is 12.6. The average Bonchev–Trinajstić information content (AvgIpc) is 3.91. The van der Waals surface area contributed by atoms with E-state index in [0.717, 1.165) is 5.56 Å². The molecule has 2 aromatic rings. The molecule has 0 amide bonds. The molecule has 2 heterocycles. The number of esters is 5. The number of benzene rings is 1. The Morgan fingerprint density at radius 1 is 0.893 bits per heavy atom. The summed E-state index contributed by atoms with van der Waals surface area (Å²) in [6.45, 7) is 11.8. The number of fused-ring (bicyclic) bond motifs is 4. The summed E-state index contributed by atoms with van der Waals surface area (Å²) in [4.78, 5) is 73.1. The Bertz CT molecular complexity index is 1860. The fourth-order valence-corrected chi connectivity index (χ4v) is 10.1. The number of aromatic nitrogens is 1. The lowest BCUT2D eigenvalue weighted by atomic mass is 9.48. The van der Waals surface area contributed by atoms with Crippen LogP contribution in [0.25, 0.3) is 0 Å². The van der Waals surface area contributed by atoms with Gasteiger partial charge < -0.3 is 33.3 Å². The van der Waals surface area contributed by atoms with E-state index < -0.39 is 88.6 Å². The van der Waals surface area contributed by atoms with E-state index in [1.807, 2.05) is 77.0 Å². The zero-order chi connectivity index (χ0) is 40.7. The van der Waals surface area contributed by atoms with Gasteiger partial charge >= 0.3 is 29.8 Å². The highest BCUT2D eigenvalue weighted by Gasteiger charge is 2.75. The molecule has 1 aromatic carbocycles. The molecule has 0 N–H and O–H groups in total. The summed E-state index contributed by atoms with van der Waals surface area (Å²) in [6, 6.07) is 12.7. The minimum atomic E-state index is -1.17. The van der Waals surface area contributed by atoms with Crippen molar-refractivity contribution in [3.63, 3.8) is 0 Å². The summed E-state index contributed by atoms with van der Waals surface area (Å²) in [5.74, 6) is -4.05. The quantitative estimate of drug-likeness (QED) is 0.128. The van der Waals surface area contributed by atoms with Crippen LogP contribution in [0.4, 0.5) is 0 Å². The van der Waals surface area contributed by atoms with Gasteiger partial charge in [-0.3, -0.25) is 24.2 Å². The zero-order valence-corrected chi connectivity index (χ0v) is 33.7. The second kappa shape index (κ2) is 15.7. The van der Waals surface area contributed by atoms with Gasteiger partial charge in [0.15, 0.2) is 6.10 Å². The van der Waals surface area contributed by atoms with Gasteiger partial charge in [0.2, 0.25) is 0 Å². The van der Waals surface area contributed by atoms with E-state index in [4.69, 9.17) is 28.4 Å². The Labute approximate surface area is 328 Å². The van der Waals surface area contributed by atoms with E-state index in [2.05, 4.69) is 4.98 Å². The molecule has 10 atom stereocenters. The third-order valence-corrected chi connectivity index (χ3v) is 12.6. The predicted molar refractivity (Wildman–Crippen MR) is 202 cm³/mol. The van der Waals surface area contributed by atoms with Crippen molar-refractivity contribution in [2.75, 3.05) is 20.7 Å². The smallest absolute Gasteiger partial charge is 0.340 e. The molecule has 302 valence electrons. The standard InChI is InChI=1S/C43H54N2O11/c1-24-32(52-25(2)46)20-30-36(53-26(3)47)38-42(7,39(56-40(50)29-16-13-19-44-22-29)37(54-27(4)48)35(24)41(30,5)6)18-17-33(43(38)23-51-43)55-34(49)21-31(45(8)9)28-14-11-10-12-15-28/h10-16,19,22,30-33,36-39H,17-18,20-21,23H2,1-9H3/t30-,31-,32-,33+,36+,37-,38+,39+,42+,43-/m0/s1. The van der Waals surface area contributed by atoms with Crippen molar-refractivity contribution >= 4 is 29.8 Å². The lowest BCUT2D eigenvalue weighted by Gasteiger charge is -2.61. The van der Waals surface area contributed by atoms with Gasteiger partial charge in [0.05, 0.1) is 18.6 Å². The minimum Gasteiger partial charge on any atom is -0.462 e. The first-order valence-corrected chi connectivity index (χ1v) is 19.3. The molecule has 1 spiro atoms. The summed E-state index contributed by atoms with van der Waals surface area (Å²) in [7, 11) is 3.82. The number of ether oxygens (including phenoxy) is 6. The molecule has 1 aliphatic heterocycles. The number of carbonyl (C=O) groups is 5. The number of epoxide rings is 1. The molecule has 13 heteroatoms. The Morgan fingerprint density at radius 2 is 1.55 bits per heavy atom. The molecule has 0 unspecified atom stereocenters. The number of nitrogens with zero attached hydrogens (tertiary/aromatic N) is 2. The molecule has 6 rings (SSSR count). The Hall–Kier alpha value is -4.62. The monoisotopic (exact) mass is 774 g/mol. The number of carbonyl (C=O) groups excluding carboxylic acids is 5. The molecular weight excluding hydrogens is 720 g/mol. The zero-order valence-electron chi connectivity index (χ0n) is 33.7. The molecule has 13 nitrogen and oxygen atoms in total. The Kier molecular flexibility index (Phi) is 11.5. The molecule has 3 fully saturated rings. The van der Waals surface area contributed by atoms with Gasteiger partial charge in [-0.25, -0.2) is 4.79 Å². The van der Waals surface area contributed by atoms with Gasteiger partial charge in [-0.15, -0.1) is 0 Å². The van der Waals surface area contributed by atoms with Crippen LogP contribution in [0.15, 0.2) is 66.0 Å². The highest BCUT2D eigenvalue weighted by atomic mass is 16.6. The summed E-state index contributed by atoms with van der Waals surface area (Å²) >= 11 is 0. The third kappa shape index (κ3) is 7.72. The number of pyridine rings is 1. The molecule has 56 heavy (non-hydrogen) atoms. The molecule has 2 bridgehead atoms. The van der Waals surface area contributed by atoms with Crippen molar-refractivity contribution in [2.24, 2.45) is 22.7 Å². The second-order valence-corrected chi connectivity index (χ2v) is 16.8. The SMILES string of the molecule is CC(=O)O[C@H]1[C@@H]2[C@@](C)(CC[C@@H](OC(=O)C[C@@H](c3ccccc3)N(C)C)[C@@]23CO3)[C@H](OC(=O)c2cccnc2)[C@@H](OC(C)=O)C2=C(C)[C@@H](OC(C)=O)C[C@@H]1C2(C)C. The van der Waals surface area contributed by atoms with E-state index in [1.54, 1.807) is 18.3 Å². The van der Waals surface area contributed by atoms with Gasteiger partial charge in [0.25, 0.3) is 0 Å². The van der Waals surface area contributed by atoms with Gasteiger partial charge in [0.1, 0.15) is 30.0 Å². The predicted octanol–water partition coefficient (Wildman–Crippen LogP) is 5.57. The maximum Gasteiger partial charge on any atom is 0.340 e. The summed E-state index contributed by atoms with van der Waals surface area (Å²) < 4.78 is 38.0. The van der Waals surface area contributed by atoms with E-state index in [0.29, 0.717) is 24.0 Å². The van der Waals surface area contributed by atoms with Gasteiger partial charge in [-0.2, -0.15) is 0 Å². The van der Waals surface area contributed by atoms with Crippen LogP contribution in [0.3, 0.4) is 0 Å². The van der Waals surface area contributed by atoms with Crippen molar-refractivity contribution in [1.29, 1.82) is 0 Å². The van der Waals surface area contributed by atoms with Crippen molar-refractivity contribution in [3.8, 4) is 0 Å². The van der Waals surface area contributed by atoms with Gasteiger partial charge in [0, 0.05) is 56.5 Å². The molecule has 2 saturated carbocycles. The summed E-state index contributed by atoms with van der Waals surface area (Å²) in [5, 5.41) is 0. The van der Waals surface area contributed by atoms with Crippen LogP contribution in [0, 0.1) is 22.7 Å². The Balaban J connectivity index is 1.51. The highest BCUT2D eigenvalue weighted by Crippen LogP contribution is 2.65. The maximum absolute atomic E-state index is 14.1. The largest absolute Gasteiger partial charge is 0.462 e. The first-order valence-electron chi connectivity index (χ1n) is 19.3. The molecule has 4 aliphatic rings. The summed E-state index contributed by atoms with van der Waals surface area (Å²) in [6.07, 6.45) is -0.822. The second-order valence-electron chi connectivity index (χ2n) is 16.8. The normalized spacial score (nSPS) is 32.2. The van der Waals surface area contributed by atoms with Gasteiger partial charge in [-0.05, 0) is 74.5 Å².